The van der Waals surface area contributed by atoms with E-state index in [-0.39, 0.29) is 30.5 Å². The van der Waals surface area contributed by atoms with Crippen molar-refractivity contribution in [3.05, 3.63) is 35.9 Å². The van der Waals surface area contributed by atoms with Gasteiger partial charge in [0, 0.05) is 29.6 Å². The predicted molar refractivity (Wildman–Crippen MR) is 132 cm³/mol. The summed E-state index contributed by atoms with van der Waals surface area (Å²) in [6.07, 6.45) is 3.29. The third kappa shape index (κ3) is 7.19. The minimum Gasteiger partial charge on any atom is -0.445 e. The lowest BCUT2D eigenvalue weighted by Gasteiger charge is -2.51. The van der Waals surface area contributed by atoms with Crippen LogP contribution in [0.5, 0.6) is 0 Å². The molecule has 7 heteroatoms. The molecule has 3 atom stereocenters. The Morgan fingerprint density at radius 2 is 1.74 bits per heavy atom. The molecule has 3 rings (SSSR count). The van der Waals surface area contributed by atoms with Gasteiger partial charge in [-0.3, -0.25) is 4.79 Å². The van der Waals surface area contributed by atoms with E-state index < -0.39 is 17.2 Å². The van der Waals surface area contributed by atoms with Crippen LogP contribution in [0.15, 0.2) is 30.3 Å². The number of hydrogen-bond acceptors (Lipinski definition) is 5. The molecule has 1 saturated carbocycles. The van der Waals surface area contributed by atoms with E-state index in [2.05, 4.69) is 24.5 Å². The minimum absolute atomic E-state index is 0.0107. The number of amides is 2. The third-order valence-electron chi connectivity index (χ3n) is 7.19. The van der Waals surface area contributed by atoms with Gasteiger partial charge in [0.1, 0.15) is 6.61 Å². The lowest BCUT2D eigenvalue weighted by atomic mass is 9.79. The summed E-state index contributed by atoms with van der Waals surface area (Å²) in [6.45, 7) is 12.5. The molecular formula is C27H43N3O4. The van der Waals surface area contributed by atoms with E-state index in [9.17, 15) is 14.8 Å². The fraction of sp³-hybridized carbons (Fsp3) is 0.704. The van der Waals surface area contributed by atoms with Crippen molar-refractivity contribution >= 4 is 12.0 Å². The first kappa shape index (κ1) is 26.5. The van der Waals surface area contributed by atoms with E-state index in [1.807, 2.05) is 58.0 Å². The van der Waals surface area contributed by atoms with Gasteiger partial charge in [0.2, 0.25) is 5.91 Å². The second-order valence-corrected chi connectivity index (χ2v) is 11.9. The monoisotopic (exact) mass is 473 g/mol. The molecule has 1 aliphatic carbocycles. The highest BCUT2D eigenvalue weighted by atomic mass is 16.5. The number of nitrogens with zero attached hydrogens (tertiary/aromatic N) is 1. The summed E-state index contributed by atoms with van der Waals surface area (Å²) in [5.74, 6) is 1.06. The molecule has 1 heterocycles. The highest BCUT2D eigenvalue weighted by Gasteiger charge is 2.47. The molecule has 0 radical (unpaired) electrons. The average molecular weight is 474 g/mol. The van der Waals surface area contributed by atoms with Crippen molar-refractivity contribution in [3.8, 4) is 0 Å². The fourth-order valence-corrected chi connectivity index (χ4v) is 5.66. The number of carbonyl (C=O) groups is 2. The molecule has 0 bridgehead atoms. The van der Waals surface area contributed by atoms with Crippen LogP contribution in [-0.4, -0.2) is 45.4 Å². The van der Waals surface area contributed by atoms with Crippen molar-refractivity contribution in [1.82, 2.24) is 15.7 Å². The number of benzene rings is 1. The van der Waals surface area contributed by atoms with Gasteiger partial charge in [-0.05, 0) is 76.7 Å². The number of hydrogen-bond donors (Lipinski definition) is 3. The summed E-state index contributed by atoms with van der Waals surface area (Å²) in [5.41, 5.74) is 0.167. The van der Waals surface area contributed by atoms with Crippen LogP contribution >= 0.6 is 0 Å². The van der Waals surface area contributed by atoms with Crippen LogP contribution in [0.1, 0.15) is 79.2 Å². The molecule has 3 N–H and O–H groups in total. The Hall–Kier alpha value is -2.12. The maximum absolute atomic E-state index is 12.8. The molecule has 190 valence electrons. The quantitative estimate of drug-likeness (QED) is 0.475. The number of rotatable bonds is 9. The highest BCUT2D eigenvalue weighted by Crippen LogP contribution is 2.45. The first-order valence-corrected chi connectivity index (χ1v) is 12.6. The van der Waals surface area contributed by atoms with Crippen LogP contribution in [-0.2, 0) is 16.1 Å². The largest absolute Gasteiger partial charge is 0.445 e. The van der Waals surface area contributed by atoms with E-state index in [0.717, 1.165) is 18.4 Å². The number of piperidine rings is 1. The molecule has 0 spiro atoms. The van der Waals surface area contributed by atoms with Gasteiger partial charge >= 0.3 is 6.09 Å². The Morgan fingerprint density at radius 1 is 1.12 bits per heavy atom. The number of carbonyl (C=O) groups excluding carboxylic acids is 2. The molecule has 2 amide bonds. The molecule has 1 aromatic rings. The molecular weight excluding hydrogens is 430 g/mol. The van der Waals surface area contributed by atoms with Crippen LogP contribution in [0, 0.1) is 17.8 Å². The standard InChI is InChI=1S/C27H43N3O4/c1-18(2)12-23(29-25(32)34-17-19-10-8-7-9-11-19)22-13-20(22)14-24(31)28-21-15-26(3,4)30(33)27(5,6)16-21/h7-11,18,20-23,33H,12-17H2,1-6H3,(H,28,31)(H,29,32)/t20?,22?,23-/m0/s1. The van der Waals surface area contributed by atoms with Crippen LogP contribution in [0.3, 0.4) is 0 Å². The van der Waals surface area contributed by atoms with Crippen LogP contribution < -0.4 is 10.6 Å². The smallest absolute Gasteiger partial charge is 0.407 e. The molecule has 2 aliphatic rings. The topological polar surface area (TPSA) is 90.9 Å². The normalized spacial score (nSPS) is 24.9. The number of ether oxygens (including phenoxy) is 1. The zero-order valence-electron chi connectivity index (χ0n) is 21.6. The van der Waals surface area contributed by atoms with Gasteiger partial charge in [0.05, 0.1) is 0 Å². The second kappa shape index (κ2) is 10.6. The Labute approximate surface area is 204 Å². The van der Waals surface area contributed by atoms with Crippen molar-refractivity contribution in [2.24, 2.45) is 17.8 Å². The Kier molecular flexibility index (Phi) is 8.30. The third-order valence-corrected chi connectivity index (χ3v) is 7.19. The van der Waals surface area contributed by atoms with Crippen LogP contribution in [0.2, 0.25) is 0 Å². The summed E-state index contributed by atoms with van der Waals surface area (Å²) >= 11 is 0. The number of hydroxylamine groups is 2. The maximum Gasteiger partial charge on any atom is 0.407 e. The SMILES string of the molecule is CC(C)C[C@H](NC(=O)OCc1ccccc1)C1CC1CC(=O)NC1CC(C)(C)N(O)C(C)(C)C1. The van der Waals surface area contributed by atoms with Crippen LogP contribution in [0.4, 0.5) is 4.79 Å². The Bertz CT molecular complexity index is 822. The summed E-state index contributed by atoms with van der Waals surface area (Å²) < 4.78 is 5.43. The lowest BCUT2D eigenvalue weighted by molar-refractivity contribution is -0.246. The first-order valence-electron chi connectivity index (χ1n) is 12.6. The summed E-state index contributed by atoms with van der Waals surface area (Å²) in [5, 5.41) is 18.2. The van der Waals surface area contributed by atoms with Crippen molar-refractivity contribution in [3.63, 3.8) is 0 Å². The second-order valence-electron chi connectivity index (χ2n) is 11.9. The van der Waals surface area contributed by atoms with E-state index in [4.69, 9.17) is 4.74 Å². The molecule has 34 heavy (non-hydrogen) atoms. The summed E-state index contributed by atoms with van der Waals surface area (Å²) in [7, 11) is 0. The van der Waals surface area contributed by atoms with Crippen molar-refractivity contribution < 1.29 is 19.5 Å². The molecule has 2 unspecified atom stereocenters. The van der Waals surface area contributed by atoms with Gasteiger partial charge in [0.15, 0.2) is 0 Å². The van der Waals surface area contributed by atoms with Crippen LogP contribution in [0.25, 0.3) is 0 Å². The molecule has 1 aromatic carbocycles. The molecule has 2 fully saturated rings. The molecule has 0 aromatic heterocycles. The maximum atomic E-state index is 12.8. The first-order chi connectivity index (χ1) is 15.9. The highest BCUT2D eigenvalue weighted by molar-refractivity contribution is 5.77. The van der Waals surface area contributed by atoms with Gasteiger partial charge in [-0.25, -0.2) is 4.79 Å². The Balaban J connectivity index is 1.48. The summed E-state index contributed by atoms with van der Waals surface area (Å²) in [4.78, 5) is 25.3. The molecule has 1 aliphatic heterocycles. The van der Waals surface area contributed by atoms with Crippen molar-refractivity contribution in [2.75, 3.05) is 0 Å². The molecule has 7 nitrogen and oxygen atoms in total. The zero-order valence-corrected chi connectivity index (χ0v) is 21.6. The van der Waals surface area contributed by atoms with Gasteiger partial charge in [-0.2, -0.15) is 5.06 Å². The van der Waals surface area contributed by atoms with E-state index in [1.165, 1.54) is 5.06 Å². The predicted octanol–water partition coefficient (Wildman–Crippen LogP) is 4.88. The number of nitrogens with one attached hydrogen (secondary N) is 2. The van der Waals surface area contributed by atoms with Gasteiger partial charge in [-0.15, -0.1) is 0 Å². The van der Waals surface area contributed by atoms with Crippen molar-refractivity contribution in [2.45, 2.75) is 103 Å². The lowest BCUT2D eigenvalue weighted by Crippen LogP contribution is -2.62. The van der Waals surface area contributed by atoms with Gasteiger partial charge in [0.25, 0.3) is 0 Å². The van der Waals surface area contributed by atoms with E-state index in [0.29, 0.717) is 31.1 Å². The molecule has 1 saturated heterocycles. The minimum atomic E-state index is -0.398. The Morgan fingerprint density at radius 3 is 2.32 bits per heavy atom. The van der Waals surface area contributed by atoms with E-state index in [1.54, 1.807) is 0 Å². The zero-order chi connectivity index (χ0) is 25.1. The van der Waals surface area contributed by atoms with Crippen molar-refractivity contribution in [1.29, 1.82) is 0 Å². The van der Waals surface area contributed by atoms with Gasteiger partial charge < -0.3 is 20.6 Å². The van der Waals surface area contributed by atoms with Gasteiger partial charge in [-0.1, -0.05) is 44.2 Å². The van der Waals surface area contributed by atoms with E-state index >= 15 is 0 Å². The number of alkyl carbamates (subject to hydrolysis) is 1. The average Bonchev–Trinajstić information content (AvgIpc) is 3.49. The summed E-state index contributed by atoms with van der Waals surface area (Å²) in [6, 6.07) is 9.69. The fourth-order valence-electron chi connectivity index (χ4n) is 5.66.